The number of nitrogens with zero attached hydrogens (tertiary/aromatic N) is 2. The van der Waals surface area contributed by atoms with E-state index < -0.39 is 0 Å². The third-order valence-corrected chi connectivity index (χ3v) is 4.66. The number of hydrogen-bond acceptors (Lipinski definition) is 7. The lowest BCUT2D eigenvalue weighted by atomic mass is 10.1. The molecular weight excluding hydrogens is 342 g/mol. The molecule has 1 aliphatic heterocycles. The van der Waals surface area contributed by atoms with Crippen LogP contribution in [-0.2, 0) is 9.53 Å². The fourth-order valence-corrected chi connectivity index (χ4v) is 3.31. The van der Waals surface area contributed by atoms with Crippen LogP contribution in [0.15, 0.2) is 23.6 Å². The number of aromatic nitrogens is 1. The second kappa shape index (κ2) is 8.28. The molecule has 0 spiro atoms. The highest BCUT2D eigenvalue weighted by molar-refractivity contribution is 7.14. The molecule has 1 aliphatic rings. The minimum atomic E-state index is -0.0653. The van der Waals surface area contributed by atoms with E-state index in [1.165, 1.54) is 11.3 Å². The van der Waals surface area contributed by atoms with E-state index in [4.69, 9.17) is 14.2 Å². The third kappa shape index (κ3) is 4.47. The Hall–Kier alpha value is -2.16. The van der Waals surface area contributed by atoms with E-state index in [2.05, 4.69) is 15.2 Å². The molecule has 0 bridgehead atoms. The van der Waals surface area contributed by atoms with E-state index in [0.717, 1.165) is 30.1 Å². The van der Waals surface area contributed by atoms with Gasteiger partial charge in [-0.15, -0.1) is 11.3 Å². The summed E-state index contributed by atoms with van der Waals surface area (Å²) in [5.74, 6) is 1.33. The first-order valence-electron chi connectivity index (χ1n) is 7.97. The van der Waals surface area contributed by atoms with Gasteiger partial charge in [0.05, 0.1) is 39.7 Å². The van der Waals surface area contributed by atoms with Crippen molar-refractivity contribution in [2.45, 2.75) is 0 Å². The van der Waals surface area contributed by atoms with E-state index in [1.54, 1.807) is 14.2 Å². The number of morpholine rings is 1. The van der Waals surface area contributed by atoms with Crippen LogP contribution in [0.2, 0.25) is 0 Å². The summed E-state index contributed by atoms with van der Waals surface area (Å²) in [6.45, 7) is 3.25. The van der Waals surface area contributed by atoms with Gasteiger partial charge in [-0.2, -0.15) is 0 Å². The normalized spacial score (nSPS) is 15.0. The van der Waals surface area contributed by atoms with Crippen LogP contribution in [0.3, 0.4) is 0 Å². The average Bonchev–Trinajstić information content (AvgIpc) is 3.10. The van der Waals surface area contributed by atoms with Crippen molar-refractivity contribution in [2.24, 2.45) is 0 Å². The quantitative estimate of drug-likeness (QED) is 0.847. The number of benzene rings is 1. The number of carbonyl (C=O) groups excluding carboxylic acids is 1. The summed E-state index contributed by atoms with van der Waals surface area (Å²) < 4.78 is 15.9. The summed E-state index contributed by atoms with van der Waals surface area (Å²) in [6, 6.07) is 5.56. The van der Waals surface area contributed by atoms with Crippen LogP contribution in [0.4, 0.5) is 5.13 Å². The predicted octanol–water partition coefficient (Wildman–Crippen LogP) is 2.10. The van der Waals surface area contributed by atoms with Gasteiger partial charge in [-0.25, -0.2) is 4.98 Å². The Morgan fingerprint density at radius 2 is 2.12 bits per heavy atom. The van der Waals surface area contributed by atoms with Crippen molar-refractivity contribution < 1.29 is 19.0 Å². The van der Waals surface area contributed by atoms with Crippen LogP contribution in [-0.4, -0.2) is 62.9 Å². The maximum atomic E-state index is 12.2. The van der Waals surface area contributed by atoms with Crippen LogP contribution < -0.4 is 14.8 Å². The van der Waals surface area contributed by atoms with Gasteiger partial charge in [0, 0.05) is 30.1 Å². The van der Waals surface area contributed by atoms with E-state index in [1.807, 2.05) is 23.6 Å². The molecular formula is C17H21N3O4S. The molecule has 1 aromatic heterocycles. The summed E-state index contributed by atoms with van der Waals surface area (Å²) >= 11 is 1.39. The van der Waals surface area contributed by atoms with Gasteiger partial charge < -0.3 is 19.5 Å². The van der Waals surface area contributed by atoms with Gasteiger partial charge in [-0.05, 0) is 12.1 Å². The molecule has 3 rings (SSSR count). The van der Waals surface area contributed by atoms with E-state index in [-0.39, 0.29) is 5.91 Å². The van der Waals surface area contributed by atoms with Crippen molar-refractivity contribution in [3.63, 3.8) is 0 Å². The molecule has 7 nitrogen and oxygen atoms in total. The summed E-state index contributed by atoms with van der Waals surface area (Å²) in [7, 11) is 3.22. The van der Waals surface area contributed by atoms with Gasteiger partial charge in [0.2, 0.25) is 5.91 Å². The standard InChI is InChI=1S/C17H21N3O4S/c1-22-12-3-4-13(15(9-12)23-2)14-11-25-17(18-14)19-16(21)10-20-5-7-24-8-6-20/h3-4,9,11H,5-8,10H2,1-2H3,(H,18,19,21). The number of ether oxygens (including phenoxy) is 3. The van der Waals surface area contributed by atoms with Crippen molar-refractivity contribution >= 4 is 22.4 Å². The molecule has 1 amide bonds. The Kier molecular flexibility index (Phi) is 5.85. The molecule has 0 saturated carbocycles. The SMILES string of the molecule is COc1ccc(-c2csc(NC(=O)CN3CCOCC3)n2)c(OC)c1. The number of thiazole rings is 1. The fourth-order valence-electron chi connectivity index (χ4n) is 2.59. The summed E-state index contributed by atoms with van der Waals surface area (Å²) in [4.78, 5) is 18.7. The number of rotatable bonds is 6. The van der Waals surface area contributed by atoms with Gasteiger partial charge in [0.15, 0.2) is 5.13 Å². The molecule has 1 fully saturated rings. The molecule has 2 heterocycles. The van der Waals surface area contributed by atoms with E-state index in [0.29, 0.717) is 30.6 Å². The summed E-state index contributed by atoms with van der Waals surface area (Å²) in [5.41, 5.74) is 1.61. The lowest BCUT2D eigenvalue weighted by Crippen LogP contribution is -2.41. The Bertz CT molecular complexity index is 728. The molecule has 134 valence electrons. The zero-order valence-corrected chi connectivity index (χ0v) is 15.1. The van der Waals surface area contributed by atoms with Crippen molar-refractivity contribution in [3.8, 4) is 22.8 Å². The van der Waals surface area contributed by atoms with Gasteiger partial charge in [-0.3, -0.25) is 9.69 Å². The third-order valence-electron chi connectivity index (χ3n) is 3.91. The summed E-state index contributed by atoms with van der Waals surface area (Å²) in [6.07, 6.45) is 0. The molecule has 1 saturated heterocycles. The molecule has 1 N–H and O–H groups in total. The minimum absolute atomic E-state index is 0.0653. The Morgan fingerprint density at radius 3 is 2.84 bits per heavy atom. The van der Waals surface area contributed by atoms with Gasteiger partial charge in [0.25, 0.3) is 0 Å². The first-order chi connectivity index (χ1) is 12.2. The van der Waals surface area contributed by atoms with Crippen LogP contribution in [0.25, 0.3) is 11.3 Å². The van der Waals surface area contributed by atoms with Crippen molar-refractivity contribution in [3.05, 3.63) is 23.6 Å². The van der Waals surface area contributed by atoms with Gasteiger partial charge in [0.1, 0.15) is 11.5 Å². The molecule has 0 atom stereocenters. The van der Waals surface area contributed by atoms with Crippen LogP contribution in [0.5, 0.6) is 11.5 Å². The monoisotopic (exact) mass is 363 g/mol. The van der Waals surface area contributed by atoms with Gasteiger partial charge in [-0.1, -0.05) is 0 Å². The number of amides is 1. The van der Waals surface area contributed by atoms with Crippen molar-refractivity contribution in [1.29, 1.82) is 0 Å². The lowest BCUT2D eigenvalue weighted by Gasteiger charge is -2.25. The zero-order chi connectivity index (χ0) is 17.6. The average molecular weight is 363 g/mol. The Labute approximate surface area is 150 Å². The van der Waals surface area contributed by atoms with Crippen LogP contribution in [0.1, 0.15) is 0 Å². The first kappa shape index (κ1) is 17.7. The molecule has 0 radical (unpaired) electrons. The first-order valence-corrected chi connectivity index (χ1v) is 8.85. The topological polar surface area (TPSA) is 72.9 Å². The number of carbonyl (C=O) groups is 1. The Morgan fingerprint density at radius 1 is 1.32 bits per heavy atom. The second-order valence-electron chi connectivity index (χ2n) is 5.54. The molecule has 8 heteroatoms. The highest BCUT2D eigenvalue weighted by Crippen LogP contribution is 2.34. The van der Waals surface area contributed by atoms with Crippen molar-refractivity contribution in [1.82, 2.24) is 9.88 Å². The largest absolute Gasteiger partial charge is 0.497 e. The predicted molar refractivity (Wildman–Crippen MR) is 96.5 cm³/mol. The molecule has 2 aromatic rings. The Balaban J connectivity index is 1.67. The molecule has 0 aliphatic carbocycles. The van der Waals surface area contributed by atoms with Crippen molar-refractivity contribution in [2.75, 3.05) is 52.4 Å². The number of anilines is 1. The highest BCUT2D eigenvalue weighted by Gasteiger charge is 2.16. The van der Waals surface area contributed by atoms with E-state index in [9.17, 15) is 4.79 Å². The zero-order valence-electron chi connectivity index (χ0n) is 14.3. The highest BCUT2D eigenvalue weighted by atomic mass is 32.1. The number of methoxy groups -OCH3 is 2. The number of hydrogen-bond donors (Lipinski definition) is 1. The fraction of sp³-hybridized carbons (Fsp3) is 0.412. The molecule has 1 aromatic carbocycles. The minimum Gasteiger partial charge on any atom is -0.497 e. The smallest absolute Gasteiger partial charge is 0.240 e. The molecule has 25 heavy (non-hydrogen) atoms. The lowest BCUT2D eigenvalue weighted by molar-refractivity contribution is -0.118. The number of nitrogens with one attached hydrogen (secondary N) is 1. The maximum Gasteiger partial charge on any atom is 0.240 e. The maximum absolute atomic E-state index is 12.2. The molecule has 0 unspecified atom stereocenters. The second-order valence-corrected chi connectivity index (χ2v) is 6.40. The van der Waals surface area contributed by atoms with E-state index >= 15 is 0 Å². The summed E-state index contributed by atoms with van der Waals surface area (Å²) in [5, 5.41) is 5.33. The van der Waals surface area contributed by atoms with Crippen LogP contribution in [0, 0.1) is 0 Å². The van der Waals surface area contributed by atoms with Gasteiger partial charge >= 0.3 is 0 Å². The van der Waals surface area contributed by atoms with Crippen LogP contribution >= 0.6 is 11.3 Å².